The molecule has 0 aliphatic rings. The molecule has 0 unspecified atom stereocenters. The van der Waals surface area contributed by atoms with Gasteiger partial charge in [-0.3, -0.25) is 4.79 Å². The highest BCUT2D eigenvalue weighted by Gasteiger charge is 2.14. The third-order valence-corrected chi connectivity index (χ3v) is 5.11. The number of halogens is 1. The predicted octanol–water partition coefficient (Wildman–Crippen LogP) is 2.71. The number of amides is 1. The topological polar surface area (TPSA) is 86.3 Å². The molecule has 3 rings (SSSR count). The molecule has 1 aromatic carbocycles. The number of hydrogen-bond acceptors (Lipinski definition) is 7. The van der Waals surface area contributed by atoms with E-state index in [2.05, 4.69) is 31.5 Å². The van der Waals surface area contributed by atoms with E-state index in [-0.39, 0.29) is 11.7 Å². The molecule has 27 heavy (non-hydrogen) atoms. The largest absolute Gasteiger partial charge is 0.492 e. The normalized spacial score (nSPS) is 10.7. The molecule has 0 N–H and O–H groups in total. The summed E-state index contributed by atoms with van der Waals surface area (Å²) in [5, 5.41) is 12.1. The second-order valence-electron chi connectivity index (χ2n) is 5.60. The first-order chi connectivity index (χ1) is 13.1. The fourth-order valence-corrected chi connectivity index (χ4v) is 3.22. The average Bonchev–Trinajstić information content (AvgIpc) is 3.33. The lowest BCUT2D eigenvalue weighted by molar-refractivity contribution is -0.127. The zero-order valence-corrected chi connectivity index (χ0v) is 17.0. The minimum Gasteiger partial charge on any atom is -0.492 e. The highest BCUT2D eigenvalue weighted by Crippen LogP contribution is 2.17. The van der Waals surface area contributed by atoms with Crippen molar-refractivity contribution in [2.45, 2.75) is 11.7 Å². The van der Waals surface area contributed by atoms with Gasteiger partial charge in [-0.05, 0) is 46.8 Å². The SMILES string of the molecule is CN(CCOc1ccc(Br)cc1)C(=O)CSc1nnnn1Cc1ccco1. The molecule has 0 aliphatic heterocycles. The van der Waals surface area contributed by atoms with Gasteiger partial charge < -0.3 is 14.1 Å². The molecule has 0 aliphatic carbocycles. The van der Waals surface area contributed by atoms with Gasteiger partial charge in [-0.25, -0.2) is 4.68 Å². The van der Waals surface area contributed by atoms with Crippen molar-refractivity contribution in [3.63, 3.8) is 0 Å². The molecule has 1 amide bonds. The van der Waals surface area contributed by atoms with Gasteiger partial charge in [0.25, 0.3) is 0 Å². The van der Waals surface area contributed by atoms with Gasteiger partial charge in [0.15, 0.2) is 0 Å². The number of hydrogen-bond donors (Lipinski definition) is 0. The van der Waals surface area contributed by atoms with Crippen molar-refractivity contribution in [2.24, 2.45) is 0 Å². The van der Waals surface area contributed by atoms with E-state index in [1.165, 1.54) is 11.8 Å². The number of tetrazole rings is 1. The molecule has 0 radical (unpaired) electrons. The third kappa shape index (κ3) is 5.83. The van der Waals surface area contributed by atoms with Crippen LogP contribution in [0.15, 0.2) is 56.7 Å². The summed E-state index contributed by atoms with van der Waals surface area (Å²) in [5.41, 5.74) is 0. The number of carbonyl (C=O) groups excluding carboxylic acids is 1. The zero-order chi connectivity index (χ0) is 19.1. The summed E-state index contributed by atoms with van der Waals surface area (Å²) in [6.07, 6.45) is 1.60. The second kappa shape index (κ2) is 9.56. The molecule has 0 saturated carbocycles. The third-order valence-electron chi connectivity index (χ3n) is 3.64. The van der Waals surface area contributed by atoms with Gasteiger partial charge >= 0.3 is 0 Å². The lowest BCUT2D eigenvalue weighted by Gasteiger charge is -2.17. The first kappa shape index (κ1) is 19.4. The number of carbonyl (C=O) groups is 1. The molecule has 2 aromatic heterocycles. The first-order valence-electron chi connectivity index (χ1n) is 8.15. The van der Waals surface area contributed by atoms with Crippen LogP contribution in [0.4, 0.5) is 0 Å². The molecule has 142 valence electrons. The van der Waals surface area contributed by atoms with E-state index in [1.807, 2.05) is 30.3 Å². The maximum Gasteiger partial charge on any atom is 0.232 e. The molecule has 2 heterocycles. The van der Waals surface area contributed by atoms with Gasteiger partial charge in [-0.2, -0.15) is 0 Å². The summed E-state index contributed by atoms with van der Waals surface area (Å²) in [4.78, 5) is 13.9. The van der Waals surface area contributed by atoms with Crippen LogP contribution in [0.2, 0.25) is 0 Å². The number of nitrogens with zero attached hydrogens (tertiary/aromatic N) is 5. The Balaban J connectivity index is 1.42. The number of thioether (sulfide) groups is 1. The molecule has 0 atom stereocenters. The maximum atomic E-state index is 12.3. The van der Waals surface area contributed by atoms with Crippen LogP contribution in [0, 0.1) is 0 Å². The standard InChI is InChI=1S/C17H18BrN5O3S/c1-22(8-10-26-14-6-4-13(18)5-7-14)16(24)12-27-17-19-20-21-23(17)11-15-3-2-9-25-15/h2-7,9H,8,10-12H2,1H3. The van der Waals surface area contributed by atoms with Gasteiger partial charge in [0.05, 0.1) is 18.6 Å². The fourth-order valence-electron chi connectivity index (χ4n) is 2.14. The Hall–Kier alpha value is -2.33. The lowest BCUT2D eigenvalue weighted by atomic mass is 10.3. The van der Waals surface area contributed by atoms with E-state index in [9.17, 15) is 4.79 Å². The molecule has 8 nitrogen and oxygen atoms in total. The van der Waals surface area contributed by atoms with Crippen molar-refractivity contribution in [3.8, 4) is 5.75 Å². The Morgan fingerprint density at radius 3 is 2.89 bits per heavy atom. The van der Waals surface area contributed by atoms with Crippen LogP contribution in [-0.2, 0) is 11.3 Å². The van der Waals surface area contributed by atoms with E-state index < -0.39 is 0 Å². The summed E-state index contributed by atoms with van der Waals surface area (Å²) in [7, 11) is 1.75. The number of rotatable bonds is 9. The van der Waals surface area contributed by atoms with Crippen LogP contribution in [0.5, 0.6) is 5.75 Å². The maximum absolute atomic E-state index is 12.3. The minimum absolute atomic E-state index is 0.0213. The fraction of sp³-hybridized carbons (Fsp3) is 0.294. The van der Waals surface area contributed by atoms with E-state index >= 15 is 0 Å². The monoisotopic (exact) mass is 451 g/mol. The summed E-state index contributed by atoms with van der Waals surface area (Å²) >= 11 is 4.67. The van der Waals surface area contributed by atoms with E-state index in [0.717, 1.165) is 16.0 Å². The highest BCUT2D eigenvalue weighted by atomic mass is 79.9. The van der Waals surface area contributed by atoms with Crippen LogP contribution >= 0.6 is 27.7 Å². The number of aromatic nitrogens is 4. The van der Waals surface area contributed by atoms with Gasteiger partial charge in [-0.1, -0.05) is 27.7 Å². The van der Waals surface area contributed by atoms with Crippen molar-refractivity contribution >= 4 is 33.6 Å². The number of likely N-dealkylation sites (N-methyl/N-ethyl adjacent to an activating group) is 1. The van der Waals surface area contributed by atoms with Crippen LogP contribution in [0.3, 0.4) is 0 Å². The second-order valence-corrected chi connectivity index (χ2v) is 7.46. The van der Waals surface area contributed by atoms with Gasteiger partial charge in [0, 0.05) is 11.5 Å². The number of benzene rings is 1. The summed E-state index contributed by atoms with van der Waals surface area (Å²) in [6.45, 7) is 1.34. The number of ether oxygens (including phenoxy) is 1. The predicted molar refractivity (Wildman–Crippen MR) is 104 cm³/mol. The van der Waals surface area contributed by atoms with Crippen molar-refractivity contribution in [1.29, 1.82) is 0 Å². The molecule has 0 spiro atoms. The van der Waals surface area contributed by atoms with Crippen LogP contribution in [-0.4, -0.2) is 57.0 Å². The smallest absolute Gasteiger partial charge is 0.232 e. The first-order valence-corrected chi connectivity index (χ1v) is 9.93. The highest BCUT2D eigenvalue weighted by molar-refractivity contribution is 9.10. The molecular formula is C17H18BrN5O3S. The quantitative estimate of drug-likeness (QED) is 0.462. The van der Waals surface area contributed by atoms with E-state index in [4.69, 9.17) is 9.15 Å². The van der Waals surface area contributed by atoms with E-state index in [0.29, 0.717) is 24.9 Å². The summed E-state index contributed by atoms with van der Waals surface area (Å²) < 4.78 is 13.5. The number of furan rings is 1. The van der Waals surface area contributed by atoms with Gasteiger partial charge in [0.2, 0.25) is 11.1 Å². The van der Waals surface area contributed by atoms with Crippen molar-refractivity contribution in [1.82, 2.24) is 25.1 Å². The lowest BCUT2D eigenvalue weighted by Crippen LogP contribution is -2.32. The average molecular weight is 452 g/mol. The van der Waals surface area contributed by atoms with Gasteiger partial charge in [0.1, 0.15) is 24.7 Å². The molecule has 0 fully saturated rings. The molecule has 3 aromatic rings. The zero-order valence-electron chi connectivity index (χ0n) is 14.6. The molecule has 0 bridgehead atoms. The Morgan fingerprint density at radius 1 is 1.33 bits per heavy atom. The Bertz CT molecular complexity index is 854. The summed E-state index contributed by atoms with van der Waals surface area (Å²) in [6, 6.07) is 11.2. The molecular weight excluding hydrogens is 434 g/mol. The van der Waals surface area contributed by atoms with Gasteiger partial charge in [-0.15, -0.1) is 5.10 Å². The Morgan fingerprint density at radius 2 is 2.15 bits per heavy atom. The van der Waals surface area contributed by atoms with Crippen LogP contribution < -0.4 is 4.74 Å². The van der Waals surface area contributed by atoms with Crippen molar-refractivity contribution in [3.05, 3.63) is 52.9 Å². The van der Waals surface area contributed by atoms with E-state index in [1.54, 1.807) is 29.0 Å². The Labute approximate surface area is 169 Å². The molecule has 10 heteroatoms. The summed E-state index contributed by atoms with van der Waals surface area (Å²) in [5.74, 6) is 1.74. The Kier molecular flexibility index (Phi) is 6.88. The molecule has 0 saturated heterocycles. The minimum atomic E-state index is -0.0213. The van der Waals surface area contributed by atoms with Crippen molar-refractivity contribution < 1.29 is 13.9 Å². The van der Waals surface area contributed by atoms with Crippen molar-refractivity contribution in [2.75, 3.05) is 26.0 Å². The van der Waals surface area contributed by atoms with Crippen LogP contribution in [0.25, 0.3) is 0 Å². The van der Waals surface area contributed by atoms with Crippen LogP contribution in [0.1, 0.15) is 5.76 Å².